The Morgan fingerprint density at radius 1 is 1.03 bits per heavy atom. The Hall–Kier alpha value is -1.27. The lowest BCUT2D eigenvalue weighted by atomic mass is 9.87. The average molecular weight is 459 g/mol. The maximum atomic E-state index is 12.5. The van der Waals surface area contributed by atoms with Crippen LogP contribution in [0, 0.1) is 5.92 Å². The van der Waals surface area contributed by atoms with Gasteiger partial charge in [0.25, 0.3) is 0 Å². The van der Waals surface area contributed by atoms with Crippen LogP contribution in [0.1, 0.15) is 84.1 Å². The zero-order chi connectivity index (χ0) is 24.1. The summed E-state index contributed by atoms with van der Waals surface area (Å²) in [7, 11) is 4.23. The quantitative estimate of drug-likeness (QED) is 0.341. The summed E-state index contributed by atoms with van der Waals surface area (Å²) in [6, 6.07) is 7.06. The van der Waals surface area contributed by atoms with E-state index in [0.717, 1.165) is 38.0 Å². The highest BCUT2D eigenvalue weighted by atomic mass is 19.4. The van der Waals surface area contributed by atoms with Crippen LogP contribution in [0.3, 0.4) is 0 Å². The molecule has 1 aromatic rings. The molecule has 1 aliphatic heterocycles. The molecule has 2 rings (SSSR count). The zero-order valence-corrected chi connectivity index (χ0v) is 21.0. The van der Waals surface area contributed by atoms with E-state index in [2.05, 4.69) is 56.3 Å². The summed E-state index contributed by atoms with van der Waals surface area (Å²) in [5.41, 5.74) is 0.909. The van der Waals surface area contributed by atoms with Gasteiger partial charge < -0.3 is 14.5 Å². The highest BCUT2D eigenvalue weighted by Crippen LogP contribution is 2.31. The Labute approximate surface area is 194 Å². The van der Waals surface area contributed by atoms with Crippen LogP contribution < -0.4 is 4.74 Å². The van der Waals surface area contributed by atoms with Crippen LogP contribution in [-0.4, -0.2) is 55.9 Å². The van der Waals surface area contributed by atoms with Gasteiger partial charge >= 0.3 is 6.36 Å². The largest absolute Gasteiger partial charge is 0.573 e. The van der Waals surface area contributed by atoms with E-state index in [9.17, 15) is 13.2 Å². The molecule has 0 aliphatic carbocycles. The second-order valence-electron chi connectivity index (χ2n) is 9.53. The first-order valence-corrected chi connectivity index (χ1v) is 12.3. The van der Waals surface area contributed by atoms with Crippen molar-refractivity contribution in [2.75, 3.05) is 33.7 Å². The molecule has 1 heterocycles. The minimum absolute atomic E-state index is 0.137. The summed E-state index contributed by atoms with van der Waals surface area (Å²) >= 11 is 0. The second kappa shape index (κ2) is 14.8. The SMILES string of the molecule is CC(C)C(CN1CCC(N(C)C)CC1)c1cccc(OC(F)(F)F)c1.CCCCCCC. The normalized spacial score (nSPS) is 16.7. The number of unbranched alkanes of at least 4 members (excludes halogenated alkanes) is 4. The van der Waals surface area contributed by atoms with E-state index >= 15 is 0 Å². The highest BCUT2D eigenvalue weighted by Gasteiger charge is 2.31. The van der Waals surface area contributed by atoms with Gasteiger partial charge in [-0.1, -0.05) is 71.9 Å². The number of likely N-dealkylation sites (tertiary alicyclic amines) is 1. The Morgan fingerprint density at radius 3 is 2.09 bits per heavy atom. The average Bonchev–Trinajstić information content (AvgIpc) is 2.72. The van der Waals surface area contributed by atoms with Crippen molar-refractivity contribution in [2.24, 2.45) is 5.92 Å². The van der Waals surface area contributed by atoms with Gasteiger partial charge in [0.15, 0.2) is 0 Å². The minimum Gasteiger partial charge on any atom is -0.406 e. The summed E-state index contributed by atoms with van der Waals surface area (Å²) in [6.07, 6.45) is 4.62. The number of rotatable bonds is 10. The van der Waals surface area contributed by atoms with Gasteiger partial charge in [0, 0.05) is 12.6 Å². The molecule has 1 saturated heterocycles. The zero-order valence-electron chi connectivity index (χ0n) is 21.0. The minimum atomic E-state index is -4.65. The number of halogens is 3. The fourth-order valence-electron chi connectivity index (χ4n) is 4.22. The molecule has 0 spiro atoms. The number of ether oxygens (including phenoxy) is 1. The summed E-state index contributed by atoms with van der Waals surface area (Å²) in [6.45, 7) is 11.7. The van der Waals surface area contributed by atoms with Crippen molar-refractivity contribution in [3.63, 3.8) is 0 Å². The number of piperidine rings is 1. The smallest absolute Gasteiger partial charge is 0.406 e. The Balaban J connectivity index is 0.000000633. The van der Waals surface area contributed by atoms with Crippen molar-refractivity contribution in [2.45, 2.75) is 91.0 Å². The van der Waals surface area contributed by atoms with Crippen molar-refractivity contribution >= 4 is 0 Å². The Kier molecular flexibility index (Phi) is 13.3. The van der Waals surface area contributed by atoms with E-state index in [4.69, 9.17) is 0 Å². The van der Waals surface area contributed by atoms with E-state index in [1.807, 2.05) is 6.07 Å². The summed E-state index contributed by atoms with van der Waals surface area (Å²) in [5, 5.41) is 0. The summed E-state index contributed by atoms with van der Waals surface area (Å²) in [4.78, 5) is 4.71. The number of hydrogen-bond donors (Lipinski definition) is 0. The van der Waals surface area contributed by atoms with E-state index in [0.29, 0.717) is 12.0 Å². The van der Waals surface area contributed by atoms with E-state index < -0.39 is 6.36 Å². The lowest BCUT2D eigenvalue weighted by molar-refractivity contribution is -0.274. The molecule has 32 heavy (non-hydrogen) atoms. The maximum Gasteiger partial charge on any atom is 0.573 e. The highest BCUT2D eigenvalue weighted by molar-refractivity contribution is 5.31. The van der Waals surface area contributed by atoms with Gasteiger partial charge in [-0.3, -0.25) is 0 Å². The Bertz CT molecular complexity index is 607. The topological polar surface area (TPSA) is 15.7 Å². The van der Waals surface area contributed by atoms with Gasteiger partial charge in [-0.25, -0.2) is 0 Å². The molecule has 0 saturated carbocycles. The van der Waals surface area contributed by atoms with Gasteiger partial charge in [0.2, 0.25) is 0 Å². The van der Waals surface area contributed by atoms with Gasteiger partial charge in [-0.2, -0.15) is 0 Å². The summed E-state index contributed by atoms with van der Waals surface area (Å²) in [5.74, 6) is 0.391. The lowest BCUT2D eigenvalue weighted by Crippen LogP contribution is -2.43. The molecule has 186 valence electrons. The molecule has 1 unspecified atom stereocenters. The first-order valence-electron chi connectivity index (χ1n) is 12.3. The van der Waals surface area contributed by atoms with Crippen LogP contribution in [0.25, 0.3) is 0 Å². The molecule has 3 nitrogen and oxygen atoms in total. The fraction of sp³-hybridized carbons (Fsp3) is 0.769. The molecule has 0 radical (unpaired) electrons. The van der Waals surface area contributed by atoms with Gasteiger partial charge in [0.05, 0.1) is 0 Å². The fourth-order valence-corrected chi connectivity index (χ4v) is 4.22. The third-order valence-electron chi connectivity index (χ3n) is 6.27. The van der Waals surface area contributed by atoms with Crippen LogP contribution in [0.4, 0.5) is 13.2 Å². The van der Waals surface area contributed by atoms with Crippen molar-refractivity contribution < 1.29 is 17.9 Å². The molecule has 1 atom stereocenters. The first kappa shape index (κ1) is 28.8. The van der Waals surface area contributed by atoms with E-state index in [1.165, 1.54) is 44.2 Å². The molecule has 6 heteroatoms. The van der Waals surface area contributed by atoms with Gasteiger partial charge in [-0.15, -0.1) is 13.2 Å². The number of hydrogen-bond acceptors (Lipinski definition) is 3. The third kappa shape index (κ3) is 11.6. The van der Waals surface area contributed by atoms with Crippen LogP contribution in [0.5, 0.6) is 5.75 Å². The standard InChI is InChI=1S/C19H29F3N2O.C7H16/c1-14(2)18(13-24-10-8-16(9-11-24)23(3)4)15-6-5-7-17(12-15)25-19(20,21)22;1-3-5-7-6-4-2/h5-7,12,14,16,18H,8-11,13H2,1-4H3;3-7H2,1-2H3. The van der Waals surface area contributed by atoms with Gasteiger partial charge in [0.1, 0.15) is 5.75 Å². The van der Waals surface area contributed by atoms with Crippen molar-refractivity contribution in [1.82, 2.24) is 9.80 Å². The van der Waals surface area contributed by atoms with Crippen LogP contribution in [0.2, 0.25) is 0 Å². The van der Waals surface area contributed by atoms with Crippen LogP contribution >= 0.6 is 0 Å². The molecule has 0 bridgehead atoms. The molecular weight excluding hydrogens is 413 g/mol. The van der Waals surface area contributed by atoms with Crippen molar-refractivity contribution in [3.05, 3.63) is 29.8 Å². The van der Waals surface area contributed by atoms with Gasteiger partial charge in [-0.05, 0) is 69.6 Å². The molecule has 1 aromatic carbocycles. The molecular formula is C26H45F3N2O. The number of benzene rings is 1. The van der Waals surface area contributed by atoms with Crippen LogP contribution in [-0.2, 0) is 0 Å². The first-order chi connectivity index (χ1) is 15.1. The second-order valence-corrected chi connectivity index (χ2v) is 9.53. The number of alkyl halides is 3. The van der Waals surface area contributed by atoms with E-state index in [-0.39, 0.29) is 11.7 Å². The van der Waals surface area contributed by atoms with Crippen molar-refractivity contribution in [3.8, 4) is 5.75 Å². The predicted octanol–water partition coefficient (Wildman–Crippen LogP) is 7.33. The monoisotopic (exact) mass is 458 g/mol. The molecule has 1 aliphatic rings. The molecule has 1 fully saturated rings. The molecule has 0 N–H and O–H groups in total. The number of nitrogens with zero attached hydrogens (tertiary/aromatic N) is 2. The molecule has 0 aromatic heterocycles. The maximum absolute atomic E-state index is 12.5. The third-order valence-corrected chi connectivity index (χ3v) is 6.27. The van der Waals surface area contributed by atoms with E-state index in [1.54, 1.807) is 6.07 Å². The van der Waals surface area contributed by atoms with Crippen molar-refractivity contribution in [1.29, 1.82) is 0 Å². The predicted molar refractivity (Wildman–Crippen MR) is 128 cm³/mol. The van der Waals surface area contributed by atoms with Crippen LogP contribution in [0.15, 0.2) is 24.3 Å². The lowest BCUT2D eigenvalue weighted by Gasteiger charge is -2.37. The summed E-state index contributed by atoms with van der Waals surface area (Å²) < 4.78 is 41.5. The Morgan fingerprint density at radius 2 is 1.62 bits per heavy atom. The molecule has 0 amide bonds.